The fourth-order valence-corrected chi connectivity index (χ4v) is 3.86. The largest absolute Gasteiger partial charge is 0.354 e. The van der Waals surface area contributed by atoms with Crippen LogP contribution in [0, 0.1) is 6.92 Å². The number of carbonyl (C=O) groups is 1. The van der Waals surface area contributed by atoms with Crippen molar-refractivity contribution in [3.05, 3.63) is 34.5 Å². The van der Waals surface area contributed by atoms with Crippen LogP contribution in [-0.2, 0) is 11.3 Å². The van der Waals surface area contributed by atoms with E-state index in [0.29, 0.717) is 23.9 Å². The third-order valence-electron chi connectivity index (χ3n) is 5.27. The van der Waals surface area contributed by atoms with Gasteiger partial charge in [0.25, 0.3) is 5.56 Å². The lowest BCUT2D eigenvalue weighted by Gasteiger charge is -2.35. The predicted molar refractivity (Wildman–Crippen MR) is 101 cm³/mol. The highest BCUT2D eigenvalue weighted by molar-refractivity contribution is 5.75. The molecule has 1 atom stereocenters. The third-order valence-corrected chi connectivity index (χ3v) is 5.27. The van der Waals surface area contributed by atoms with Crippen LogP contribution in [0.2, 0.25) is 0 Å². The average molecular weight is 359 g/mol. The molecular formula is C19H29N5O2. The van der Waals surface area contributed by atoms with E-state index in [1.165, 1.54) is 36.9 Å². The Morgan fingerprint density at radius 3 is 3.04 bits per heavy atom. The smallest absolute Gasteiger partial charge is 0.291 e. The van der Waals surface area contributed by atoms with E-state index >= 15 is 0 Å². The summed E-state index contributed by atoms with van der Waals surface area (Å²) in [5, 5.41) is 7.15. The summed E-state index contributed by atoms with van der Waals surface area (Å²) >= 11 is 0. The number of rotatable bonds is 7. The maximum Gasteiger partial charge on any atom is 0.291 e. The van der Waals surface area contributed by atoms with Crippen LogP contribution in [0.4, 0.5) is 0 Å². The van der Waals surface area contributed by atoms with E-state index in [-0.39, 0.29) is 18.0 Å². The van der Waals surface area contributed by atoms with E-state index < -0.39 is 0 Å². The molecular weight excluding hydrogens is 330 g/mol. The molecule has 0 aromatic carbocycles. The van der Waals surface area contributed by atoms with E-state index in [4.69, 9.17) is 0 Å². The summed E-state index contributed by atoms with van der Waals surface area (Å²) in [7, 11) is 0. The molecule has 26 heavy (non-hydrogen) atoms. The Morgan fingerprint density at radius 1 is 1.38 bits per heavy atom. The Balaban J connectivity index is 1.49. The molecule has 2 aromatic heterocycles. The van der Waals surface area contributed by atoms with Crippen LogP contribution in [0.5, 0.6) is 0 Å². The van der Waals surface area contributed by atoms with Gasteiger partial charge >= 0.3 is 0 Å². The summed E-state index contributed by atoms with van der Waals surface area (Å²) < 4.78 is 2.98. The summed E-state index contributed by atoms with van der Waals surface area (Å²) in [4.78, 5) is 27.1. The van der Waals surface area contributed by atoms with E-state index in [9.17, 15) is 9.59 Å². The van der Waals surface area contributed by atoms with Gasteiger partial charge < -0.3 is 10.2 Å². The predicted octanol–water partition coefficient (Wildman–Crippen LogP) is 1.58. The number of aryl methyl sites for hydroxylation is 1. The van der Waals surface area contributed by atoms with Crippen LogP contribution >= 0.6 is 0 Å². The average Bonchev–Trinajstić information content (AvgIpc) is 3.14. The van der Waals surface area contributed by atoms with Crippen molar-refractivity contribution in [1.82, 2.24) is 24.4 Å². The van der Waals surface area contributed by atoms with Crippen molar-refractivity contribution < 1.29 is 4.79 Å². The molecule has 1 aliphatic heterocycles. The minimum Gasteiger partial charge on any atom is -0.354 e. The molecule has 1 saturated heterocycles. The standard InChI is InChI=1S/C19H29N5O2/c1-3-16-8-4-5-11-22(16)12-7-10-20-18(25)14-24-19(26)17-9-6-13-23(17)15(2)21-24/h6,9,13,16H,3-5,7-8,10-12,14H2,1-2H3,(H,20,25). The maximum absolute atomic E-state index is 12.4. The Bertz CT molecular complexity index is 810. The monoisotopic (exact) mass is 359 g/mol. The van der Waals surface area contributed by atoms with Gasteiger partial charge in [-0.15, -0.1) is 0 Å². The van der Waals surface area contributed by atoms with Gasteiger partial charge in [0.15, 0.2) is 0 Å². The lowest BCUT2D eigenvalue weighted by Crippen LogP contribution is -2.41. The zero-order chi connectivity index (χ0) is 18.5. The van der Waals surface area contributed by atoms with E-state index in [1.807, 2.05) is 6.92 Å². The highest BCUT2D eigenvalue weighted by atomic mass is 16.2. The van der Waals surface area contributed by atoms with Gasteiger partial charge in [0.1, 0.15) is 17.9 Å². The van der Waals surface area contributed by atoms with Gasteiger partial charge in [-0.1, -0.05) is 13.3 Å². The van der Waals surface area contributed by atoms with Gasteiger partial charge in [-0.25, -0.2) is 4.68 Å². The van der Waals surface area contributed by atoms with Gasteiger partial charge in [0, 0.05) is 25.3 Å². The van der Waals surface area contributed by atoms with Crippen LogP contribution in [-0.4, -0.2) is 50.7 Å². The number of carbonyl (C=O) groups excluding carboxylic acids is 1. The topological polar surface area (TPSA) is 71.6 Å². The minimum absolute atomic E-state index is 0.0390. The first-order chi connectivity index (χ1) is 12.6. The molecule has 1 unspecified atom stereocenters. The number of aromatic nitrogens is 3. The fraction of sp³-hybridized carbons (Fsp3) is 0.632. The lowest BCUT2D eigenvalue weighted by atomic mass is 10.00. The summed E-state index contributed by atoms with van der Waals surface area (Å²) in [6.07, 6.45) is 7.83. The fourth-order valence-electron chi connectivity index (χ4n) is 3.86. The molecule has 2 aromatic rings. The molecule has 0 saturated carbocycles. The first-order valence-corrected chi connectivity index (χ1v) is 9.65. The molecule has 1 fully saturated rings. The van der Waals surface area contributed by atoms with E-state index in [0.717, 1.165) is 13.0 Å². The van der Waals surface area contributed by atoms with Crippen LogP contribution in [0.15, 0.2) is 23.1 Å². The molecule has 0 aliphatic carbocycles. The highest BCUT2D eigenvalue weighted by Gasteiger charge is 2.19. The molecule has 1 amide bonds. The summed E-state index contributed by atoms with van der Waals surface area (Å²) in [5.41, 5.74) is 0.302. The number of hydrogen-bond acceptors (Lipinski definition) is 4. The molecule has 3 heterocycles. The molecule has 7 heteroatoms. The molecule has 142 valence electrons. The Morgan fingerprint density at radius 2 is 2.23 bits per heavy atom. The molecule has 0 radical (unpaired) electrons. The summed E-state index contributed by atoms with van der Waals surface area (Å²) in [6, 6.07) is 4.24. The van der Waals surface area contributed by atoms with Gasteiger partial charge in [-0.2, -0.15) is 5.10 Å². The molecule has 1 aliphatic rings. The van der Waals surface area contributed by atoms with Crippen LogP contribution in [0.1, 0.15) is 44.9 Å². The van der Waals surface area contributed by atoms with Gasteiger partial charge in [-0.05, 0) is 51.3 Å². The number of hydrogen-bond donors (Lipinski definition) is 1. The number of fused-ring (bicyclic) bond motifs is 1. The maximum atomic E-state index is 12.4. The minimum atomic E-state index is -0.241. The second-order valence-corrected chi connectivity index (χ2v) is 7.07. The van der Waals surface area contributed by atoms with Gasteiger partial charge in [0.05, 0.1) is 0 Å². The molecule has 0 spiro atoms. The van der Waals surface area contributed by atoms with Crippen molar-refractivity contribution in [2.24, 2.45) is 0 Å². The van der Waals surface area contributed by atoms with Crippen LogP contribution in [0.25, 0.3) is 5.52 Å². The Labute approximate surface area is 154 Å². The van der Waals surface area contributed by atoms with E-state index in [2.05, 4.69) is 22.2 Å². The van der Waals surface area contributed by atoms with Crippen molar-refractivity contribution in [3.63, 3.8) is 0 Å². The van der Waals surface area contributed by atoms with Gasteiger partial charge in [0.2, 0.25) is 5.91 Å². The van der Waals surface area contributed by atoms with Crippen molar-refractivity contribution in [2.45, 2.75) is 58.5 Å². The van der Waals surface area contributed by atoms with Crippen molar-refractivity contribution in [3.8, 4) is 0 Å². The number of amides is 1. The summed E-state index contributed by atoms with van der Waals surface area (Å²) in [6.45, 7) is 6.85. The van der Waals surface area contributed by atoms with Crippen molar-refractivity contribution >= 4 is 11.4 Å². The first kappa shape index (κ1) is 18.6. The second kappa shape index (κ2) is 8.49. The molecule has 1 N–H and O–H groups in total. The Hall–Kier alpha value is -2.15. The highest BCUT2D eigenvalue weighted by Crippen LogP contribution is 2.19. The van der Waals surface area contributed by atoms with Crippen molar-refractivity contribution in [1.29, 1.82) is 0 Å². The first-order valence-electron chi connectivity index (χ1n) is 9.65. The van der Waals surface area contributed by atoms with E-state index in [1.54, 1.807) is 22.7 Å². The zero-order valence-corrected chi connectivity index (χ0v) is 15.8. The van der Waals surface area contributed by atoms with Crippen molar-refractivity contribution in [2.75, 3.05) is 19.6 Å². The van der Waals surface area contributed by atoms with Crippen LogP contribution < -0.4 is 10.9 Å². The Kier molecular flexibility index (Phi) is 6.08. The van der Waals surface area contributed by atoms with Crippen LogP contribution in [0.3, 0.4) is 0 Å². The molecule has 0 bridgehead atoms. The SMILES string of the molecule is CCC1CCCCN1CCCNC(=O)Cn1nc(C)n2cccc2c1=O. The number of nitrogens with one attached hydrogen (secondary N) is 1. The molecule has 3 rings (SSSR count). The lowest BCUT2D eigenvalue weighted by molar-refractivity contribution is -0.121. The zero-order valence-electron chi connectivity index (χ0n) is 15.8. The number of piperidine rings is 1. The molecule has 7 nitrogen and oxygen atoms in total. The quantitative estimate of drug-likeness (QED) is 0.762. The normalized spacial score (nSPS) is 18.3. The third kappa shape index (κ3) is 4.15. The number of nitrogens with zero attached hydrogens (tertiary/aromatic N) is 4. The van der Waals surface area contributed by atoms with Gasteiger partial charge in [-0.3, -0.25) is 14.0 Å². The second-order valence-electron chi connectivity index (χ2n) is 7.07. The summed E-state index contributed by atoms with van der Waals surface area (Å²) in [5.74, 6) is 0.522. The number of likely N-dealkylation sites (tertiary alicyclic amines) is 1.